The second-order valence-electron chi connectivity index (χ2n) is 5.91. The molecule has 0 spiro atoms. The number of anilines is 1. The van der Waals surface area contributed by atoms with Gasteiger partial charge in [-0.1, -0.05) is 0 Å². The van der Waals surface area contributed by atoms with Crippen LogP contribution in [0.3, 0.4) is 0 Å². The third kappa shape index (κ3) is 2.87. The van der Waals surface area contributed by atoms with Crippen molar-refractivity contribution in [2.75, 3.05) is 5.32 Å². The maximum atomic E-state index is 9.60. The average molecular weight is 310 g/mol. The van der Waals surface area contributed by atoms with Gasteiger partial charge in [0.2, 0.25) is 0 Å². The van der Waals surface area contributed by atoms with Gasteiger partial charge in [0.25, 0.3) is 0 Å². The van der Waals surface area contributed by atoms with Gasteiger partial charge in [0.1, 0.15) is 12.1 Å². The lowest BCUT2D eigenvalue weighted by Crippen LogP contribution is -2.28. The minimum absolute atomic E-state index is 0.151. The van der Waals surface area contributed by atoms with Crippen molar-refractivity contribution in [1.82, 2.24) is 24.6 Å². The van der Waals surface area contributed by atoms with Gasteiger partial charge in [-0.3, -0.25) is 0 Å². The summed E-state index contributed by atoms with van der Waals surface area (Å²) in [7, 11) is 0. The summed E-state index contributed by atoms with van der Waals surface area (Å²) in [5, 5.41) is 17.7. The van der Waals surface area contributed by atoms with Crippen molar-refractivity contribution in [3.63, 3.8) is 0 Å². The zero-order valence-corrected chi connectivity index (χ0v) is 12.6. The highest BCUT2D eigenvalue weighted by atomic mass is 16.3. The van der Waals surface area contributed by atoms with Gasteiger partial charge in [0, 0.05) is 24.0 Å². The minimum Gasteiger partial charge on any atom is -0.393 e. The highest BCUT2D eigenvalue weighted by Gasteiger charge is 2.19. The highest BCUT2D eigenvalue weighted by Crippen LogP contribution is 2.23. The lowest BCUT2D eigenvalue weighted by molar-refractivity contribution is 0.126. The SMILES string of the molecule is OC1CCC(Nc2ccc3ncc(-c4cncnc4)n3n2)CC1. The molecule has 7 heteroatoms. The normalized spacial score (nSPS) is 21.4. The standard InChI is InChI=1S/C16H18N6O/c23-13-3-1-12(2-4-13)20-15-5-6-16-19-9-14(22(16)21-15)11-7-17-10-18-8-11/h5-10,12-13,23H,1-4H2,(H,20,21). The fourth-order valence-electron chi connectivity index (χ4n) is 3.01. The van der Waals surface area contributed by atoms with E-state index in [4.69, 9.17) is 0 Å². The van der Waals surface area contributed by atoms with Crippen molar-refractivity contribution < 1.29 is 5.11 Å². The van der Waals surface area contributed by atoms with Gasteiger partial charge in [0.15, 0.2) is 5.65 Å². The Hall–Kier alpha value is -2.54. The molecule has 0 atom stereocenters. The van der Waals surface area contributed by atoms with Crippen LogP contribution in [-0.4, -0.2) is 41.8 Å². The fourth-order valence-corrected chi connectivity index (χ4v) is 3.01. The summed E-state index contributed by atoms with van der Waals surface area (Å²) in [5.74, 6) is 0.815. The Balaban J connectivity index is 1.62. The summed E-state index contributed by atoms with van der Waals surface area (Å²) >= 11 is 0. The van der Waals surface area contributed by atoms with Crippen LogP contribution in [0.25, 0.3) is 16.9 Å². The Labute approximate surface area is 133 Å². The first-order valence-corrected chi connectivity index (χ1v) is 7.84. The van der Waals surface area contributed by atoms with Crippen LogP contribution in [0.5, 0.6) is 0 Å². The first-order valence-electron chi connectivity index (χ1n) is 7.84. The van der Waals surface area contributed by atoms with Crippen molar-refractivity contribution in [2.45, 2.75) is 37.8 Å². The van der Waals surface area contributed by atoms with Crippen LogP contribution in [0.4, 0.5) is 5.82 Å². The van der Waals surface area contributed by atoms with Crippen LogP contribution in [0, 0.1) is 0 Å². The number of imidazole rings is 1. The van der Waals surface area contributed by atoms with Crippen LogP contribution in [0.15, 0.2) is 37.1 Å². The van der Waals surface area contributed by atoms with E-state index >= 15 is 0 Å². The van der Waals surface area contributed by atoms with Gasteiger partial charge >= 0.3 is 0 Å². The molecule has 0 bridgehead atoms. The fraction of sp³-hybridized carbons (Fsp3) is 0.375. The molecule has 1 aliphatic rings. The van der Waals surface area contributed by atoms with Crippen molar-refractivity contribution in [1.29, 1.82) is 0 Å². The van der Waals surface area contributed by atoms with Gasteiger partial charge < -0.3 is 10.4 Å². The minimum atomic E-state index is -0.151. The third-order valence-electron chi connectivity index (χ3n) is 4.27. The molecule has 3 heterocycles. The average Bonchev–Trinajstić information content (AvgIpc) is 3.01. The molecule has 1 aliphatic carbocycles. The molecule has 7 nitrogen and oxygen atoms in total. The Morgan fingerprint density at radius 1 is 1.04 bits per heavy atom. The molecule has 0 saturated heterocycles. The number of fused-ring (bicyclic) bond motifs is 1. The van der Waals surface area contributed by atoms with E-state index in [1.165, 1.54) is 6.33 Å². The van der Waals surface area contributed by atoms with Crippen molar-refractivity contribution in [2.24, 2.45) is 0 Å². The van der Waals surface area contributed by atoms with Crippen molar-refractivity contribution >= 4 is 11.5 Å². The van der Waals surface area contributed by atoms with Crippen LogP contribution in [0.2, 0.25) is 0 Å². The largest absolute Gasteiger partial charge is 0.393 e. The molecule has 0 aliphatic heterocycles. The highest BCUT2D eigenvalue weighted by molar-refractivity contribution is 5.61. The number of aliphatic hydroxyl groups is 1. The van der Waals surface area contributed by atoms with Gasteiger partial charge in [-0.25, -0.2) is 19.5 Å². The summed E-state index contributed by atoms with van der Waals surface area (Å²) in [6.07, 6.45) is 10.2. The predicted molar refractivity (Wildman–Crippen MR) is 85.9 cm³/mol. The third-order valence-corrected chi connectivity index (χ3v) is 4.27. The second-order valence-corrected chi connectivity index (χ2v) is 5.91. The molecular weight excluding hydrogens is 292 g/mol. The first-order chi connectivity index (χ1) is 11.3. The van der Waals surface area contributed by atoms with Gasteiger partial charge in [-0.05, 0) is 37.8 Å². The Morgan fingerprint density at radius 2 is 1.83 bits per heavy atom. The van der Waals surface area contributed by atoms with E-state index in [-0.39, 0.29) is 6.10 Å². The first kappa shape index (κ1) is 14.1. The van der Waals surface area contributed by atoms with Gasteiger partial charge in [-0.2, -0.15) is 0 Å². The molecule has 0 radical (unpaired) electrons. The number of aliphatic hydroxyl groups excluding tert-OH is 1. The molecule has 4 rings (SSSR count). The van der Waals surface area contributed by atoms with E-state index in [1.807, 2.05) is 12.1 Å². The summed E-state index contributed by atoms with van der Waals surface area (Å²) in [6.45, 7) is 0. The number of hydrogen-bond acceptors (Lipinski definition) is 6. The Kier molecular flexibility index (Phi) is 3.63. The molecule has 0 amide bonds. The van der Waals surface area contributed by atoms with Crippen LogP contribution >= 0.6 is 0 Å². The number of aromatic nitrogens is 5. The number of nitrogens with one attached hydrogen (secondary N) is 1. The van der Waals surface area contributed by atoms with Crippen molar-refractivity contribution in [3.05, 3.63) is 37.1 Å². The second kappa shape index (κ2) is 5.92. The molecule has 2 N–H and O–H groups in total. The lowest BCUT2D eigenvalue weighted by Gasteiger charge is -2.26. The van der Waals surface area contributed by atoms with E-state index in [9.17, 15) is 5.11 Å². The van der Waals surface area contributed by atoms with Gasteiger partial charge in [-0.15, -0.1) is 5.10 Å². The molecule has 23 heavy (non-hydrogen) atoms. The van der Waals surface area contributed by atoms with E-state index in [2.05, 4.69) is 25.4 Å². The number of rotatable bonds is 3. The predicted octanol–water partition coefficient (Wildman–Crippen LogP) is 1.90. The molecule has 118 valence electrons. The molecule has 1 saturated carbocycles. The summed E-state index contributed by atoms with van der Waals surface area (Å²) in [4.78, 5) is 12.5. The molecule has 0 aromatic carbocycles. The molecule has 3 aromatic rings. The van der Waals surface area contributed by atoms with E-state index in [1.54, 1.807) is 23.1 Å². The smallest absolute Gasteiger partial charge is 0.154 e. The Bertz CT molecular complexity index is 795. The molecular formula is C16H18N6O. The van der Waals surface area contributed by atoms with Crippen LogP contribution in [-0.2, 0) is 0 Å². The summed E-state index contributed by atoms with van der Waals surface area (Å²) in [5.41, 5.74) is 2.53. The number of hydrogen-bond donors (Lipinski definition) is 2. The topological polar surface area (TPSA) is 88.2 Å². The van der Waals surface area contributed by atoms with Gasteiger partial charge in [0.05, 0.1) is 18.0 Å². The van der Waals surface area contributed by atoms with E-state index in [0.29, 0.717) is 6.04 Å². The molecule has 3 aromatic heterocycles. The maximum Gasteiger partial charge on any atom is 0.154 e. The van der Waals surface area contributed by atoms with Crippen molar-refractivity contribution in [3.8, 4) is 11.3 Å². The maximum absolute atomic E-state index is 9.60. The van der Waals surface area contributed by atoms with E-state index < -0.39 is 0 Å². The quantitative estimate of drug-likeness (QED) is 0.768. The summed E-state index contributed by atoms with van der Waals surface area (Å²) in [6, 6.07) is 4.24. The lowest BCUT2D eigenvalue weighted by atomic mass is 9.93. The number of nitrogens with zero attached hydrogens (tertiary/aromatic N) is 5. The molecule has 1 fully saturated rings. The monoisotopic (exact) mass is 310 g/mol. The zero-order valence-electron chi connectivity index (χ0n) is 12.6. The van der Waals surface area contributed by atoms with Crippen LogP contribution in [0.1, 0.15) is 25.7 Å². The zero-order chi connectivity index (χ0) is 15.6. The Morgan fingerprint density at radius 3 is 2.61 bits per heavy atom. The van der Waals surface area contributed by atoms with Crippen LogP contribution < -0.4 is 5.32 Å². The molecule has 0 unspecified atom stereocenters. The summed E-state index contributed by atoms with van der Waals surface area (Å²) < 4.78 is 1.80. The van der Waals surface area contributed by atoms with E-state index in [0.717, 1.165) is 48.4 Å².